The molecule has 114 valence electrons. The molecular formula is C12H16N4O5. The van der Waals surface area contributed by atoms with E-state index in [0.717, 1.165) is 5.56 Å². The summed E-state index contributed by atoms with van der Waals surface area (Å²) in [7, 11) is 0. The van der Waals surface area contributed by atoms with Gasteiger partial charge >= 0.3 is 6.03 Å². The molecule has 1 aromatic rings. The molecule has 9 nitrogen and oxygen atoms in total. The van der Waals surface area contributed by atoms with Crippen LogP contribution in [0.2, 0.25) is 0 Å². The van der Waals surface area contributed by atoms with Crippen molar-refractivity contribution >= 4 is 23.5 Å². The summed E-state index contributed by atoms with van der Waals surface area (Å²) in [6, 6.07) is 5.90. The van der Waals surface area contributed by atoms with Crippen molar-refractivity contribution < 1.29 is 24.5 Å². The van der Waals surface area contributed by atoms with Crippen LogP contribution >= 0.6 is 0 Å². The number of hydrogen-bond donors (Lipinski definition) is 5. The van der Waals surface area contributed by atoms with Gasteiger partial charge in [-0.15, -0.1) is 0 Å². The number of carbonyl (C=O) groups is 3. The van der Waals surface area contributed by atoms with E-state index in [2.05, 4.69) is 26.4 Å². The smallest absolute Gasteiger partial charge is 0.328 e. The largest absolute Gasteiger partial charge is 0.333 e. The maximum absolute atomic E-state index is 11.6. The Morgan fingerprint density at radius 3 is 2.38 bits per heavy atom. The molecule has 0 unspecified atom stereocenters. The molecule has 4 amide bonds. The molecule has 0 heterocycles. The first kappa shape index (κ1) is 16.4. The Morgan fingerprint density at radius 1 is 1.14 bits per heavy atom. The SMILES string of the molecule is CC(=O)NNC(=O)NCC(=O)Nc1ccc(COO)cc1. The van der Waals surface area contributed by atoms with Crippen molar-refractivity contribution in [3.63, 3.8) is 0 Å². The zero-order valence-corrected chi connectivity index (χ0v) is 11.3. The summed E-state index contributed by atoms with van der Waals surface area (Å²) in [5, 5.41) is 13.1. The summed E-state index contributed by atoms with van der Waals surface area (Å²) in [5.41, 5.74) is 5.40. The fourth-order valence-corrected chi connectivity index (χ4v) is 1.31. The molecule has 0 fully saturated rings. The van der Waals surface area contributed by atoms with Crippen molar-refractivity contribution in [3.8, 4) is 0 Å². The Hall–Kier alpha value is -2.65. The average Bonchev–Trinajstić information content (AvgIpc) is 2.45. The molecule has 9 heteroatoms. The van der Waals surface area contributed by atoms with Gasteiger partial charge in [-0.05, 0) is 17.7 Å². The predicted molar refractivity (Wildman–Crippen MR) is 72.8 cm³/mol. The molecule has 0 aliphatic heterocycles. The molecule has 0 atom stereocenters. The summed E-state index contributed by atoms with van der Waals surface area (Å²) in [6.45, 7) is 1.03. The fraction of sp³-hybridized carbons (Fsp3) is 0.250. The van der Waals surface area contributed by atoms with E-state index in [-0.39, 0.29) is 13.2 Å². The maximum Gasteiger partial charge on any atom is 0.333 e. The molecule has 0 saturated heterocycles. The molecule has 0 saturated carbocycles. The lowest BCUT2D eigenvalue weighted by molar-refractivity contribution is -0.253. The highest BCUT2D eigenvalue weighted by Gasteiger charge is 2.05. The summed E-state index contributed by atoms with van der Waals surface area (Å²) in [4.78, 5) is 37.3. The number of hydrogen-bond acceptors (Lipinski definition) is 5. The molecule has 1 rings (SSSR count). The van der Waals surface area contributed by atoms with Crippen molar-refractivity contribution in [2.75, 3.05) is 11.9 Å². The van der Waals surface area contributed by atoms with E-state index in [4.69, 9.17) is 5.26 Å². The Balaban J connectivity index is 2.33. The van der Waals surface area contributed by atoms with Gasteiger partial charge in [0.1, 0.15) is 6.61 Å². The highest BCUT2D eigenvalue weighted by Crippen LogP contribution is 2.09. The lowest BCUT2D eigenvalue weighted by Gasteiger charge is -2.08. The predicted octanol–water partition coefficient (Wildman–Crippen LogP) is -0.0350. The van der Waals surface area contributed by atoms with Crippen LogP contribution in [0.1, 0.15) is 12.5 Å². The van der Waals surface area contributed by atoms with Gasteiger partial charge in [-0.25, -0.2) is 15.1 Å². The molecule has 0 aliphatic rings. The molecule has 0 spiro atoms. The second-order valence-corrected chi connectivity index (χ2v) is 4.01. The Morgan fingerprint density at radius 2 is 1.81 bits per heavy atom. The first-order chi connectivity index (χ1) is 10.0. The topological polar surface area (TPSA) is 129 Å². The average molecular weight is 296 g/mol. The Kier molecular flexibility index (Phi) is 6.65. The number of carbonyl (C=O) groups excluding carboxylic acids is 3. The normalized spacial score (nSPS) is 9.62. The number of rotatable bonds is 5. The van der Waals surface area contributed by atoms with Crippen molar-refractivity contribution in [2.45, 2.75) is 13.5 Å². The van der Waals surface area contributed by atoms with E-state index in [9.17, 15) is 14.4 Å². The summed E-state index contributed by atoms with van der Waals surface area (Å²) in [6.07, 6.45) is 0. The third-order valence-electron chi connectivity index (χ3n) is 2.23. The maximum atomic E-state index is 11.6. The van der Waals surface area contributed by atoms with Crippen LogP contribution in [-0.4, -0.2) is 29.6 Å². The van der Waals surface area contributed by atoms with Gasteiger partial charge in [-0.1, -0.05) is 12.1 Å². The zero-order valence-electron chi connectivity index (χ0n) is 11.3. The van der Waals surface area contributed by atoms with Gasteiger partial charge in [0.15, 0.2) is 0 Å². The molecule has 0 aromatic heterocycles. The minimum absolute atomic E-state index is 0.0547. The lowest BCUT2D eigenvalue weighted by Crippen LogP contribution is -2.47. The molecule has 5 N–H and O–H groups in total. The minimum atomic E-state index is -0.698. The third-order valence-corrected chi connectivity index (χ3v) is 2.23. The number of hydrazine groups is 1. The van der Waals surface area contributed by atoms with E-state index < -0.39 is 17.8 Å². The van der Waals surface area contributed by atoms with Gasteiger partial charge in [0.2, 0.25) is 11.8 Å². The summed E-state index contributed by atoms with van der Waals surface area (Å²) >= 11 is 0. The monoisotopic (exact) mass is 296 g/mol. The minimum Gasteiger partial charge on any atom is -0.328 e. The summed E-state index contributed by atoms with van der Waals surface area (Å²) < 4.78 is 0. The molecule has 0 radical (unpaired) electrons. The van der Waals surface area contributed by atoms with E-state index in [1.165, 1.54) is 6.92 Å². The lowest BCUT2D eigenvalue weighted by atomic mass is 10.2. The highest BCUT2D eigenvalue weighted by atomic mass is 17.1. The van der Waals surface area contributed by atoms with Crippen molar-refractivity contribution in [1.82, 2.24) is 16.2 Å². The summed E-state index contributed by atoms with van der Waals surface area (Å²) in [5.74, 6) is -0.860. The van der Waals surface area contributed by atoms with Gasteiger partial charge in [0.25, 0.3) is 0 Å². The van der Waals surface area contributed by atoms with Crippen LogP contribution in [0.15, 0.2) is 24.3 Å². The molecule has 0 aliphatic carbocycles. The quantitative estimate of drug-likeness (QED) is 0.385. The number of anilines is 1. The molecule has 1 aromatic carbocycles. The molecule has 0 bridgehead atoms. The second kappa shape index (κ2) is 8.51. The van der Waals surface area contributed by atoms with Crippen LogP contribution < -0.4 is 21.5 Å². The third kappa shape index (κ3) is 6.89. The van der Waals surface area contributed by atoms with Crippen molar-refractivity contribution in [2.24, 2.45) is 0 Å². The van der Waals surface area contributed by atoms with E-state index in [1.54, 1.807) is 24.3 Å². The molecule has 21 heavy (non-hydrogen) atoms. The van der Waals surface area contributed by atoms with Gasteiger partial charge in [-0.3, -0.25) is 20.3 Å². The van der Waals surface area contributed by atoms with Crippen LogP contribution in [0.5, 0.6) is 0 Å². The number of amides is 4. The second-order valence-electron chi connectivity index (χ2n) is 4.01. The number of nitrogens with one attached hydrogen (secondary N) is 4. The van der Waals surface area contributed by atoms with Crippen LogP contribution in [0.4, 0.5) is 10.5 Å². The zero-order chi connectivity index (χ0) is 15.7. The van der Waals surface area contributed by atoms with Gasteiger partial charge in [0.05, 0.1) is 6.54 Å². The van der Waals surface area contributed by atoms with Gasteiger partial charge < -0.3 is 10.6 Å². The number of benzene rings is 1. The van der Waals surface area contributed by atoms with E-state index in [1.807, 2.05) is 0 Å². The first-order valence-electron chi connectivity index (χ1n) is 5.97. The Labute approximate surface area is 120 Å². The number of urea groups is 1. The van der Waals surface area contributed by atoms with Crippen LogP contribution in [0.25, 0.3) is 0 Å². The van der Waals surface area contributed by atoms with Crippen LogP contribution in [-0.2, 0) is 21.1 Å². The van der Waals surface area contributed by atoms with E-state index >= 15 is 0 Å². The van der Waals surface area contributed by atoms with Crippen molar-refractivity contribution in [3.05, 3.63) is 29.8 Å². The van der Waals surface area contributed by atoms with Gasteiger partial charge in [-0.2, -0.15) is 0 Å². The van der Waals surface area contributed by atoms with Crippen molar-refractivity contribution in [1.29, 1.82) is 0 Å². The van der Waals surface area contributed by atoms with Crippen LogP contribution in [0, 0.1) is 0 Å². The Bertz CT molecular complexity index is 503. The van der Waals surface area contributed by atoms with Crippen LogP contribution in [0.3, 0.4) is 0 Å². The molecular weight excluding hydrogens is 280 g/mol. The van der Waals surface area contributed by atoms with E-state index in [0.29, 0.717) is 5.69 Å². The fourth-order valence-electron chi connectivity index (χ4n) is 1.31. The standard InChI is InChI=1S/C12H16N4O5/c1-8(17)15-16-12(19)13-6-11(18)14-10-4-2-9(3-5-10)7-21-20/h2-5,20H,6-7H2,1H3,(H,14,18)(H,15,17)(H2,13,16,19). The highest BCUT2D eigenvalue weighted by molar-refractivity contribution is 5.94. The van der Waals surface area contributed by atoms with Gasteiger partial charge in [0, 0.05) is 12.6 Å². The first-order valence-corrected chi connectivity index (χ1v) is 5.97.